The fraction of sp³-hybridized carbons (Fsp3) is 0.556. The van der Waals surface area contributed by atoms with E-state index < -0.39 is 5.00 Å². The van der Waals surface area contributed by atoms with Gasteiger partial charge in [0.15, 0.2) is 0 Å². The predicted octanol–water partition coefficient (Wildman–Crippen LogP) is 5.82. The van der Waals surface area contributed by atoms with Gasteiger partial charge in [-0.2, -0.15) is 0 Å². The molecule has 2 atom stereocenters. The maximum Gasteiger partial charge on any atom is 0.116 e. The van der Waals surface area contributed by atoms with Crippen LogP contribution < -0.4 is 0 Å². The predicted molar refractivity (Wildman–Crippen MR) is 96.4 cm³/mol. The van der Waals surface area contributed by atoms with Crippen LogP contribution in [0.3, 0.4) is 0 Å². The van der Waals surface area contributed by atoms with Gasteiger partial charge in [0.05, 0.1) is 6.04 Å². The van der Waals surface area contributed by atoms with Gasteiger partial charge in [0.25, 0.3) is 0 Å². The summed E-state index contributed by atoms with van der Waals surface area (Å²) in [5.74, 6) is 0. The van der Waals surface area contributed by atoms with Gasteiger partial charge in [-0.25, -0.2) is 0 Å². The van der Waals surface area contributed by atoms with Crippen molar-refractivity contribution >= 4 is 11.6 Å². The maximum atomic E-state index is 9.11. The number of nitrogens with zero attached hydrogens (tertiary/aromatic N) is 4. The zero-order valence-electron chi connectivity index (χ0n) is 14.2. The Morgan fingerprint density at radius 1 is 1.35 bits per heavy atom. The molecule has 4 nitrogen and oxygen atoms in total. The zero-order chi connectivity index (χ0) is 16.9. The highest BCUT2D eigenvalue weighted by molar-refractivity contribution is 6.25. The van der Waals surface area contributed by atoms with Gasteiger partial charge in [-0.15, -0.1) is 0 Å². The molecule has 1 saturated heterocycles. The average molecular weight is 333 g/mol. The minimum Gasteiger partial charge on any atom is -0.282 e. The number of alkyl halides is 1. The summed E-state index contributed by atoms with van der Waals surface area (Å²) in [6.07, 6.45) is 3.21. The van der Waals surface area contributed by atoms with Crippen LogP contribution >= 0.6 is 11.6 Å². The Morgan fingerprint density at radius 3 is 2.48 bits per heavy atom. The van der Waals surface area contributed by atoms with Crippen molar-refractivity contribution in [3.05, 3.63) is 57.5 Å². The molecule has 2 rings (SSSR count). The molecular formula is C18H25ClN4. The molecule has 0 radical (unpaired) electrons. The molecule has 0 bridgehead atoms. The first-order valence-corrected chi connectivity index (χ1v) is 8.63. The molecule has 1 aliphatic heterocycles. The molecule has 23 heavy (non-hydrogen) atoms. The van der Waals surface area contributed by atoms with Crippen LogP contribution in [0.15, 0.2) is 46.6 Å². The van der Waals surface area contributed by atoms with E-state index in [0.29, 0.717) is 0 Å². The van der Waals surface area contributed by atoms with E-state index >= 15 is 0 Å². The lowest BCUT2D eigenvalue weighted by atomic mass is 9.88. The summed E-state index contributed by atoms with van der Waals surface area (Å²) in [6, 6.07) is 9.53. The second kappa shape index (κ2) is 7.87. The number of hydrogen-bond acceptors (Lipinski definition) is 2. The lowest BCUT2D eigenvalue weighted by molar-refractivity contribution is 0.243. The molecule has 0 saturated carbocycles. The van der Waals surface area contributed by atoms with E-state index in [2.05, 4.69) is 28.8 Å². The average Bonchev–Trinajstić information content (AvgIpc) is 3.10. The van der Waals surface area contributed by atoms with Gasteiger partial charge < -0.3 is 0 Å². The molecule has 1 heterocycles. The van der Waals surface area contributed by atoms with Crippen molar-refractivity contribution in [2.45, 2.75) is 51.1 Å². The smallest absolute Gasteiger partial charge is 0.116 e. The van der Waals surface area contributed by atoms with Crippen molar-refractivity contribution in [2.75, 3.05) is 13.1 Å². The van der Waals surface area contributed by atoms with E-state index in [4.69, 9.17) is 17.1 Å². The van der Waals surface area contributed by atoms with Crippen molar-refractivity contribution in [1.29, 1.82) is 0 Å². The van der Waals surface area contributed by atoms with Crippen molar-refractivity contribution in [3.63, 3.8) is 0 Å². The minimum atomic E-state index is -0.634. The molecule has 0 spiro atoms. The topological polar surface area (TPSA) is 52.0 Å². The van der Waals surface area contributed by atoms with Crippen molar-refractivity contribution < 1.29 is 0 Å². The molecular weight excluding hydrogens is 308 g/mol. The van der Waals surface area contributed by atoms with Crippen molar-refractivity contribution in [1.82, 2.24) is 4.90 Å². The van der Waals surface area contributed by atoms with E-state index in [1.54, 1.807) is 0 Å². The van der Waals surface area contributed by atoms with Gasteiger partial charge >= 0.3 is 0 Å². The third kappa shape index (κ3) is 3.89. The fourth-order valence-electron chi connectivity index (χ4n) is 3.35. The summed E-state index contributed by atoms with van der Waals surface area (Å²) in [5.41, 5.74) is 12.3. The van der Waals surface area contributed by atoms with E-state index in [9.17, 15) is 0 Å². The van der Waals surface area contributed by atoms with Crippen molar-refractivity contribution in [3.8, 4) is 0 Å². The fourth-order valence-corrected chi connectivity index (χ4v) is 3.78. The number of azide groups is 1. The van der Waals surface area contributed by atoms with Gasteiger partial charge in [0.2, 0.25) is 0 Å². The summed E-state index contributed by atoms with van der Waals surface area (Å²) in [5, 5.41) is 4.11. The van der Waals surface area contributed by atoms with Crippen LogP contribution in [0.2, 0.25) is 0 Å². The molecule has 2 unspecified atom stereocenters. The van der Waals surface area contributed by atoms with Gasteiger partial charge in [-0.3, -0.25) is 4.90 Å². The van der Waals surface area contributed by atoms with Gasteiger partial charge in [0.1, 0.15) is 5.00 Å². The summed E-state index contributed by atoms with van der Waals surface area (Å²) in [6.45, 7) is 8.22. The molecule has 0 amide bonds. The SMILES string of the molecule is CCC(C)=C(C(N=[N+]=[N-])c1ccccc1)C(C)(Cl)N1CCCC1. The Kier molecular flexibility index (Phi) is 6.11. The van der Waals surface area contributed by atoms with Crippen LogP contribution in [0, 0.1) is 0 Å². The monoisotopic (exact) mass is 332 g/mol. The summed E-state index contributed by atoms with van der Waals surface area (Å²) < 4.78 is 0. The van der Waals surface area contributed by atoms with Crippen LogP contribution in [0.4, 0.5) is 0 Å². The molecule has 5 heteroatoms. The minimum absolute atomic E-state index is 0.371. The molecule has 0 aromatic heterocycles. The normalized spacial score (nSPS) is 20.3. The van der Waals surface area contributed by atoms with Crippen LogP contribution in [-0.4, -0.2) is 23.0 Å². The van der Waals surface area contributed by atoms with Gasteiger partial charge in [-0.05, 0) is 49.8 Å². The van der Waals surface area contributed by atoms with Crippen LogP contribution in [0.1, 0.15) is 51.6 Å². The van der Waals surface area contributed by atoms with Crippen molar-refractivity contribution in [2.24, 2.45) is 5.11 Å². The lowest BCUT2D eigenvalue weighted by Gasteiger charge is -2.39. The molecule has 0 N–H and O–H groups in total. The van der Waals surface area contributed by atoms with E-state index in [1.165, 1.54) is 5.57 Å². The number of hydrogen-bond donors (Lipinski definition) is 0. The Labute approximate surface area is 143 Å². The molecule has 1 aliphatic rings. The zero-order valence-corrected chi connectivity index (χ0v) is 14.9. The quantitative estimate of drug-likeness (QED) is 0.162. The highest BCUT2D eigenvalue weighted by Gasteiger charge is 2.39. The van der Waals surface area contributed by atoms with Gasteiger partial charge in [-0.1, -0.05) is 59.5 Å². The number of halogens is 1. The standard InChI is InChI=1S/C18H25ClN4/c1-4-14(2)16(18(3,19)23-12-8-9-13-23)17(21-22-20)15-10-6-5-7-11-15/h5-7,10-11,17H,4,8-9,12-13H2,1-3H3. The Morgan fingerprint density at radius 2 is 1.96 bits per heavy atom. The Balaban J connectivity index is 2.54. The summed E-state index contributed by atoms with van der Waals surface area (Å²) in [7, 11) is 0. The number of rotatable bonds is 6. The first-order chi connectivity index (χ1) is 11.0. The molecule has 1 aromatic rings. The van der Waals surface area contributed by atoms with E-state index in [1.807, 2.05) is 37.3 Å². The number of allylic oxidation sites excluding steroid dienone is 1. The van der Waals surface area contributed by atoms with Crippen LogP contribution in [-0.2, 0) is 0 Å². The third-order valence-corrected chi connectivity index (χ3v) is 5.18. The first-order valence-electron chi connectivity index (χ1n) is 8.25. The highest BCUT2D eigenvalue weighted by Crippen LogP contribution is 2.43. The maximum absolute atomic E-state index is 9.11. The third-order valence-electron chi connectivity index (χ3n) is 4.74. The number of benzene rings is 1. The second-order valence-corrected chi connectivity index (χ2v) is 6.95. The number of likely N-dealkylation sites (tertiary alicyclic amines) is 1. The van der Waals surface area contributed by atoms with E-state index in [-0.39, 0.29) is 6.04 Å². The Bertz CT molecular complexity index is 597. The van der Waals surface area contributed by atoms with Gasteiger partial charge in [0, 0.05) is 18.0 Å². The molecule has 1 aromatic carbocycles. The van der Waals surface area contributed by atoms with Crippen LogP contribution in [0.5, 0.6) is 0 Å². The first kappa shape index (κ1) is 17.9. The largest absolute Gasteiger partial charge is 0.282 e. The molecule has 0 aliphatic carbocycles. The second-order valence-electron chi connectivity index (χ2n) is 6.21. The molecule has 1 fully saturated rings. The van der Waals surface area contributed by atoms with E-state index in [0.717, 1.165) is 43.5 Å². The summed E-state index contributed by atoms with van der Waals surface area (Å²) >= 11 is 7.05. The van der Waals surface area contributed by atoms with Crippen LogP contribution in [0.25, 0.3) is 10.4 Å². The highest BCUT2D eigenvalue weighted by atomic mass is 35.5. The molecule has 124 valence electrons. The lowest BCUT2D eigenvalue weighted by Crippen LogP contribution is -2.43. The Hall–Kier alpha value is -1.48. The summed E-state index contributed by atoms with van der Waals surface area (Å²) in [4.78, 5) is 4.77.